The number of Topliss-reactive ketones (excluding diaryl/α,β-unsaturated/α-hetero) is 2. The molecule has 0 saturated carbocycles. The van der Waals surface area contributed by atoms with E-state index in [-0.39, 0.29) is 66.1 Å². The predicted octanol–water partition coefficient (Wildman–Crippen LogP) is 5.66. The van der Waals surface area contributed by atoms with E-state index >= 15 is 0 Å². The van der Waals surface area contributed by atoms with Gasteiger partial charge in [-0.3, -0.25) is 33.6 Å². The monoisotopic (exact) mass is 914 g/mol. The van der Waals surface area contributed by atoms with E-state index in [2.05, 4.69) is 30.6 Å². The highest BCUT2D eigenvalue weighted by Gasteiger charge is 2.30. The number of benzene rings is 2. The number of carbonyl (C=O) groups excluding carboxylic acids is 5. The number of nitrogens with one attached hydrogen (secondary N) is 6. The van der Waals surface area contributed by atoms with Crippen LogP contribution in [0.3, 0.4) is 0 Å². The SMILES string of the molecule is COc1cccc2[nH]c(C(=O)C[C@@H](CC(C)C)C(=O)NC(C#N)Cc3ccc[nH]c3=O)cc12.COc1cccc2[nH]c(C(=O)C[C@@H](CC(C)C)C(=O)NC(Cc3ccc[nH]c3=O)C(N)=O)cc12. The molecule has 6 rings (SSSR count). The number of amides is 3. The van der Waals surface area contributed by atoms with E-state index in [0.29, 0.717) is 46.9 Å². The first-order valence-corrected chi connectivity index (χ1v) is 22.0. The van der Waals surface area contributed by atoms with Crippen LogP contribution in [0.5, 0.6) is 11.5 Å². The number of primary amides is 1. The molecule has 352 valence electrons. The van der Waals surface area contributed by atoms with E-state index in [1.807, 2.05) is 64.1 Å². The molecule has 67 heavy (non-hydrogen) atoms. The Hall–Kier alpha value is -7.74. The highest BCUT2D eigenvalue weighted by molar-refractivity contribution is 6.03. The summed E-state index contributed by atoms with van der Waals surface area (Å²) in [6.07, 6.45) is 3.93. The molecule has 0 aliphatic rings. The number of pyridine rings is 2. The molecule has 0 spiro atoms. The maximum atomic E-state index is 13.1. The Balaban J connectivity index is 0.000000251. The van der Waals surface area contributed by atoms with Gasteiger partial charge in [0.1, 0.15) is 23.6 Å². The number of ether oxygens (including phenoxy) is 2. The largest absolute Gasteiger partial charge is 0.496 e. The van der Waals surface area contributed by atoms with Gasteiger partial charge < -0.3 is 45.8 Å². The molecule has 0 aliphatic carbocycles. The molecule has 4 heterocycles. The van der Waals surface area contributed by atoms with Crippen LogP contribution in [0.15, 0.2) is 94.8 Å². The number of aromatic nitrogens is 4. The Morgan fingerprint density at radius 2 is 1.10 bits per heavy atom. The van der Waals surface area contributed by atoms with Crippen LogP contribution in [0.25, 0.3) is 21.8 Å². The minimum Gasteiger partial charge on any atom is -0.496 e. The van der Waals surface area contributed by atoms with Crippen LogP contribution in [0.1, 0.15) is 85.5 Å². The first-order chi connectivity index (χ1) is 32.0. The molecular formula is C50H58N8O9. The average molecular weight is 915 g/mol. The maximum absolute atomic E-state index is 13.1. The van der Waals surface area contributed by atoms with Crippen molar-refractivity contribution >= 4 is 51.1 Å². The van der Waals surface area contributed by atoms with Crippen molar-refractivity contribution in [3.8, 4) is 17.6 Å². The van der Waals surface area contributed by atoms with E-state index in [0.717, 1.165) is 21.8 Å². The highest BCUT2D eigenvalue weighted by atomic mass is 16.5. The molecule has 17 heteroatoms. The molecule has 4 aromatic heterocycles. The molecule has 8 N–H and O–H groups in total. The summed E-state index contributed by atoms with van der Waals surface area (Å²) < 4.78 is 10.7. The van der Waals surface area contributed by atoms with Crippen molar-refractivity contribution < 1.29 is 33.4 Å². The van der Waals surface area contributed by atoms with Crippen LogP contribution in [0, 0.1) is 35.0 Å². The summed E-state index contributed by atoms with van der Waals surface area (Å²) in [5, 5.41) is 16.5. The topological polar surface area (TPSA) is 275 Å². The summed E-state index contributed by atoms with van der Waals surface area (Å²) in [4.78, 5) is 99.5. The van der Waals surface area contributed by atoms with Crippen molar-refractivity contribution in [3.63, 3.8) is 0 Å². The summed E-state index contributed by atoms with van der Waals surface area (Å²) in [5.41, 5.74) is 7.91. The Morgan fingerprint density at radius 3 is 1.51 bits per heavy atom. The Labute approximate surface area is 387 Å². The molecule has 0 aliphatic heterocycles. The van der Waals surface area contributed by atoms with E-state index in [1.54, 1.807) is 56.7 Å². The summed E-state index contributed by atoms with van der Waals surface area (Å²) in [6, 6.07) is 21.0. The number of hydrogen-bond acceptors (Lipinski definition) is 10. The fourth-order valence-electron chi connectivity index (χ4n) is 7.89. The van der Waals surface area contributed by atoms with E-state index in [1.165, 1.54) is 12.4 Å². The second-order valence-electron chi connectivity index (χ2n) is 17.2. The first kappa shape index (κ1) is 50.3. The number of H-pyrrole nitrogens is 4. The number of hydrogen-bond donors (Lipinski definition) is 7. The zero-order valence-electron chi connectivity index (χ0n) is 38.5. The second kappa shape index (κ2) is 23.4. The van der Waals surface area contributed by atoms with Crippen molar-refractivity contribution in [2.75, 3.05) is 14.2 Å². The summed E-state index contributed by atoms with van der Waals surface area (Å²) in [6.45, 7) is 7.86. The number of nitriles is 1. The minimum atomic E-state index is -1.07. The van der Waals surface area contributed by atoms with Gasteiger partial charge >= 0.3 is 0 Å². The number of carbonyl (C=O) groups is 5. The number of fused-ring (bicyclic) bond motifs is 2. The zero-order valence-corrected chi connectivity index (χ0v) is 38.5. The van der Waals surface area contributed by atoms with Crippen molar-refractivity contribution in [3.05, 3.63) is 128 Å². The maximum Gasteiger partial charge on any atom is 0.251 e. The quantitative estimate of drug-likeness (QED) is 0.0435. The van der Waals surface area contributed by atoms with Crippen molar-refractivity contribution in [1.29, 1.82) is 5.26 Å². The van der Waals surface area contributed by atoms with Crippen molar-refractivity contribution in [2.24, 2.45) is 29.4 Å². The molecular weight excluding hydrogens is 857 g/mol. The number of nitrogens with zero attached hydrogens (tertiary/aromatic N) is 1. The smallest absolute Gasteiger partial charge is 0.251 e. The van der Waals surface area contributed by atoms with E-state index in [9.17, 15) is 38.8 Å². The third kappa shape index (κ3) is 13.6. The van der Waals surface area contributed by atoms with Gasteiger partial charge in [-0.15, -0.1) is 0 Å². The highest BCUT2D eigenvalue weighted by Crippen LogP contribution is 2.29. The number of rotatable bonds is 21. The average Bonchev–Trinajstić information content (AvgIpc) is 3.95. The van der Waals surface area contributed by atoms with Gasteiger partial charge in [0.2, 0.25) is 17.7 Å². The van der Waals surface area contributed by atoms with Gasteiger partial charge in [0.05, 0.1) is 31.7 Å². The van der Waals surface area contributed by atoms with Gasteiger partial charge in [0, 0.05) is 82.8 Å². The Kier molecular flexibility index (Phi) is 17.6. The molecule has 17 nitrogen and oxygen atoms in total. The second-order valence-corrected chi connectivity index (χ2v) is 17.2. The van der Waals surface area contributed by atoms with Gasteiger partial charge in [-0.25, -0.2) is 0 Å². The van der Waals surface area contributed by atoms with Gasteiger partial charge in [0.15, 0.2) is 11.6 Å². The van der Waals surface area contributed by atoms with Gasteiger partial charge in [-0.1, -0.05) is 52.0 Å². The normalized spacial score (nSPS) is 12.9. The third-order valence-electron chi connectivity index (χ3n) is 11.2. The van der Waals surface area contributed by atoms with Crippen LogP contribution in [0.4, 0.5) is 0 Å². The molecule has 4 atom stereocenters. The lowest BCUT2D eigenvalue weighted by molar-refractivity contribution is -0.130. The molecule has 0 fully saturated rings. The first-order valence-electron chi connectivity index (χ1n) is 22.0. The van der Waals surface area contributed by atoms with Crippen LogP contribution >= 0.6 is 0 Å². The predicted molar refractivity (Wildman–Crippen MR) is 254 cm³/mol. The minimum absolute atomic E-state index is 0.00319. The summed E-state index contributed by atoms with van der Waals surface area (Å²) in [5.74, 6) is -1.66. The number of ketones is 2. The summed E-state index contributed by atoms with van der Waals surface area (Å²) in [7, 11) is 3.13. The fourth-order valence-corrected chi connectivity index (χ4v) is 7.89. The molecule has 3 amide bonds. The number of methoxy groups -OCH3 is 2. The molecule has 2 unspecified atom stereocenters. The van der Waals surface area contributed by atoms with Crippen molar-refractivity contribution in [1.82, 2.24) is 30.6 Å². The zero-order chi connectivity index (χ0) is 48.8. The lowest BCUT2D eigenvalue weighted by atomic mass is 9.90. The van der Waals surface area contributed by atoms with Crippen LogP contribution in [-0.2, 0) is 27.2 Å². The van der Waals surface area contributed by atoms with E-state index in [4.69, 9.17) is 15.2 Å². The number of nitrogens with two attached hydrogens (primary N) is 1. The van der Waals surface area contributed by atoms with Gasteiger partial charge in [-0.2, -0.15) is 5.26 Å². The fraction of sp³-hybridized carbons (Fsp3) is 0.360. The van der Waals surface area contributed by atoms with Crippen molar-refractivity contribution in [2.45, 2.75) is 78.3 Å². The molecule has 0 radical (unpaired) electrons. The third-order valence-corrected chi connectivity index (χ3v) is 11.2. The molecule has 0 saturated heterocycles. The lowest BCUT2D eigenvalue weighted by Gasteiger charge is -2.21. The van der Waals surface area contributed by atoms with Crippen LogP contribution in [0.2, 0.25) is 0 Å². The molecule has 2 aromatic carbocycles. The molecule has 0 bridgehead atoms. The summed E-state index contributed by atoms with van der Waals surface area (Å²) >= 11 is 0. The number of aromatic amines is 4. The molecule has 6 aromatic rings. The van der Waals surface area contributed by atoms with Crippen LogP contribution in [-0.4, -0.2) is 75.5 Å². The van der Waals surface area contributed by atoms with E-state index < -0.39 is 35.7 Å². The van der Waals surface area contributed by atoms with Gasteiger partial charge in [-0.05, 0) is 73.2 Å². The lowest BCUT2D eigenvalue weighted by Crippen LogP contribution is -2.48. The standard InChI is InChI=1S/C25H30N4O5.C25H28N4O4/c1-14(2)10-16(12-21(30)19-13-17-18(28-19)7-4-8-22(17)34-3)25(33)29-20(23(26)31)11-15-6-5-9-27-24(15)32;1-15(2)10-17(25(32)28-18(14-26)11-16-6-5-9-27-24(16)31)12-22(30)21-13-19-20(29-21)7-4-8-23(19)33-3/h4-9,13-14,16,20,28H,10-12H2,1-3H3,(H2,26,31)(H,27,32)(H,29,33);4-9,13,15,17-18,29H,10-12H2,1-3H3,(H,27,31)(H,28,32)/t16-,20?;17-,18?/m11/s1. The Bertz CT molecular complexity index is 2870. The van der Waals surface area contributed by atoms with Crippen LogP contribution < -0.4 is 37.0 Å². The van der Waals surface area contributed by atoms with Gasteiger partial charge in [0.25, 0.3) is 11.1 Å². The Morgan fingerprint density at radius 1 is 0.657 bits per heavy atom.